The fourth-order valence-corrected chi connectivity index (χ4v) is 2.71. The first-order chi connectivity index (χ1) is 8.29. The van der Waals surface area contributed by atoms with Gasteiger partial charge in [0.2, 0.25) is 0 Å². The standard InChI is InChI=1S/C13H13BrN2S/c1-15-9-10-4-6-11(7-5-10)17-13-12(14)3-2-8-16-13/h2-8,15H,9H2,1H3. The zero-order valence-corrected chi connectivity index (χ0v) is 11.9. The SMILES string of the molecule is CNCc1ccc(Sc2ncccc2Br)cc1. The van der Waals surface area contributed by atoms with Gasteiger partial charge >= 0.3 is 0 Å². The topological polar surface area (TPSA) is 24.9 Å². The van der Waals surface area contributed by atoms with Crippen molar-refractivity contribution in [1.29, 1.82) is 0 Å². The van der Waals surface area contributed by atoms with Crippen LogP contribution in [0.3, 0.4) is 0 Å². The predicted molar refractivity (Wildman–Crippen MR) is 75.3 cm³/mol. The molecule has 17 heavy (non-hydrogen) atoms. The summed E-state index contributed by atoms with van der Waals surface area (Å²) in [5.74, 6) is 0. The number of halogens is 1. The van der Waals surface area contributed by atoms with E-state index in [-0.39, 0.29) is 0 Å². The Kier molecular flexibility index (Phi) is 4.59. The molecule has 2 rings (SSSR count). The van der Waals surface area contributed by atoms with Gasteiger partial charge in [-0.25, -0.2) is 4.98 Å². The third-order valence-corrected chi connectivity index (χ3v) is 4.17. The third kappa shape index (κ3) is 3.56. The molecular weight excluding hydrogens is 296 g/mol. The Morgan fingerprint density at radius 1 is 1.24 bits per heavy atom. The highest BCUT2D eigenvalue weighted by molar-refractivity contribution is 9.10. The van der Waals surface area contributed by atoms with E-state index in [9.17, 15) is 0 Å². The van der Waals surface area contributed by atoms with Crippen LogP contribution >= 0.6 is 27.7 Å². The van der Waals surface area contributed by atoms with Crippen LogP contribution in [0.15, 0.2) is 57.0 Å². The van der Waals surface area contributed by atoms with Crippen molar-refractivity contribution in [1.82, 2.24) is 10.3 Å². The molecular formula is C13H13BrN2S. The molecule has 1 aromatic heterocycles. The lowest BCUT2D eigenvalue weighted by molar-refractivity contribution is 0.817. The molecule has 0 fully saturated rings. The minimum atomic E-state index is 0.901. The number of benzene rings is 1. The highest BCUT2D eigenvalue weighted by atomic mass is 79.9. The van der Waals surface area contributed by atoms with Crippen LogP contribution < -0.4 is 5.32 Å². The van der Waals surface area contributed by atoms with Gasteiger partial charge < -0.3 is 5.32 Å². The zero-order valence-electron chi connectivity index (χ0n) is 9.48. The summed E-state index contributed by atoms with van der Waals surface area (Å²) >= 11 is 5.16. The number of hydrogen-bond donors (Lipinski definition) is 1. The molecule has 2 aromatic rings. The quantitative estimate of drug-likeness (QED) is 0.932. The van der Waals surface area contributed by atoms with Gasteiger partial charge in [-0.05, 0) is 52.8 Å². The fourth-order valence-electron chi connectivity index (χ4n) is 1.44. The van der Waals surface area contributed by atoms with Crippen molar-refractivity contribution < 1.29 is 0 Å². The van der Waals surface area contributed by atoms with Gasteiger partial charge in [0.1, 0.15) is 5.03 Å². The van der Waals surface area contributed by atoms with Crippen molar-refractivity contribution in [2.24, 2.45) is 0 Å². The first-order valence-electron chi connectivity index (χ1n) is 5.31. The summed E-state index contributed by atoms with van der Waals surface area (Å²) in [5.41, 5.74) is 1.29. The van der Waals surface area contributed by atoms with Crippen LogP contribution in [-0.2, 0) is 6.54 Å². The predicted octanol–water partition coefficient (Wildman–Crippen LogP) is 3.71. The van der Waals surface area contributed by atoms with Crippen LogP contribution in [0.2, 0.25) is 0 Å². The normalized spacial score (nSPS) is 10.5. The van der Waals surface area contributed by atoms with E-state index in [0.29, 0.717) is 0 Å². The average molecular weight is 309 g/mol. The Labute approximate surface area is 114 Å². The molecule has 0 spiro atoms. The molecule has 0 radical (unpaired) electrons. The van der Waals surface area contributed by atoms with E-state index >= 15 is 0 Å². The maximum absolute atomic E-state index is 4.34. The molecule has 1 heterocycles. The Bertz CT molecular complexity index is 485. The van der Waals surface area contributed by atoms with E-state index in [4.69, 9.17) is 0 Å². The number of aromatic nitrogens is 1. The van der Waals surface area contributed by atoms with E-state index < -0.39 is 0 Å². The lowest BCUT2D eigenvalue weighted by Crippen LogP contribution is -2.04. The fraction of sp³-hybridized carbons (Fsp3) is 0.154. The molecule has 0 saturated heterocycles. The summed E-state index contributed by atoms with van der Waals surface area (Å²) in [7, 11) is 1.95. The minimum Gasteiger partial charge on any atom is -0.316 e. The van der Waals surface area contributed by atoms with Gasteiger partial charge in [-0.1, -0.05) is 23.9 Å². The zero-order chi connectivity index (χ0) is 12.1. The van der Waals surface area contributed by atoms with Crippen LogP contribution in [-0.4, -0.2) is 12.0 Å². The lowest BCUT2D eigenvalue weighted by Gasteiger charge is -2.04. The lowest BCUT2D eigenvalue weighted by atomic mass is 10.2. The van der Waals surface area contributed by atoms with Gasteiger partial charge in [-0.15, -0.1) is 0 Å². The summed E-state index contributed by atoms with van der Waals surface area (Å²) in [5, 5.41) is 4.13. The highest BCUT2D eigenvalue weighted by Gasteiger charge is 2.02. The molecule has 4 heteroatoms. The van der Waals surface area contributed by atoms with Crippen LogP contribution in [0.1, 0.15) is 5.56 Å². The van der Waals surface area contributed by atoms with E-state index in [1.807, 2.05) is 25.4 Å². The van der Waals surface area contributed by atoms with Crippen LogP contribution in [0, 0.1) is 0 Å². The monoisotopic (exact) mass is 308 g/mol. The van der Waals surface area contributed by atoms with E-state index in [1.165, 1.54) is 10.5 Å². The van der Waals surface area contributed by atoms with Crippen molar-refractivity contribution in [2.75, 3.05) is 7.05 Å². The molecule has 0 aliphatic rings. The van der Waals surface area contributed by atoms with Gasteiger partial charge in [0, 0.05) is 17.6 Å². The van der Waals surface area contributed by atoms with Gasteiger partial charge in [-0.3, -0.25) is 0 Å². The molecule has 1 N–H and O–H groups in total. The Hall–Kier alpha value is -0.840. The summed E-state index contributed by atoms with van der Waals surface area (Å²) < 4.78 is 1.03. The van der Waals surface area contributed by atoms with E-state index in [0.717, 1.165) is 16.0 Å². The first-order valence-corrected chi connectivity index (χ1v) is 6.92. The summed E-state index contributed by atoms with van der Waals surface area (Å²) in [6.07, 6.45) is 1.81. The van der Waals surface area contributed by atoms with Gasteiger partial charge in [0.15, 0.2) is 0 Å². The number of nitrogens with one attached hydrogen (secondary N) is 1. The minimum absolute atomic E-state index is 0.901. The second-order valence-electron chi connectivity index (χ2n) is 3.57. The average Bonchev–Trinajstić information content (AvgIpc) is 2.35. The van der Waals surface area contributed by atoms with E-state index in [1.54, 1.807) is 11.8 Å². The number of hydrogen-bond acceptors (Lipinski definition) is 3. The van der Waals surface area contributed by atoms with Crippen LogP contribution in [0.5, 0.6) is 0 Å². The third-order valence-electron chi connectivity index (χ3n) is 2.24. The van der Waals surface area contributed by atoms with Crippen molar-refractivity contribution in [3.05, 3.63) is 52.6 Å². The molecule has 0 saturated carbocycles. The molecule has 0 atom stereocenters. The van der Waals surface area contributed by atoms with Gasteiger partial charge in [-0.2, -0.15) is 0 Å². The number of rotatable bonds is 4. The Balaban J connectivity index is 2.11. The molecule has 0 aliphatic carbocycles. The Morgan fingerprint density at radius 3 is 2.65 bits per heavy atom. The molecule has 0 aliphatic heterocycles. The second-order valence-corrected chi connectivity index (χ2v) is 5.48. The van der Waals surface area contributed by atoms with Gasteiger partial charge in [0.05, 0.1) is 4.47 Å². The summed E-state index contributed by atoms with van der Waals surface area (Å²) in [6.45, 7) is 0.901. The largest absolute Gasteiger partial charge is 0.316 e. The van der Waals surface area contributed by atoms with Crippen molar-refractivity contribution >= 4 is 27.7 Å². The molecule has 88 valence electrons. The number of pyridine rings is 1. The van der Waals surface area contributed by atoms with Crippen LogP contribution in [0.25, 0.3) is 0 Å². The first kappa shape index (κ1) is 12.6. The maximum Gasteiger partial charge on any atom is 0.115 e. The molecule has 0 bridgehead atoms. The Morgan fingerprint density at radius 2 is 2.00 bits per heavy atom. The van der Waals surface area contributed by atoms with Crippen molar-refractivity contribution in [3.8, 4) is 0 Å². The number of nitrogens with zero attached hydrogens (tertiary/aromatic N) is 1. The molecule has 0 amide bonds. The molecule has 2 nitrogen and oxygen atoms in total. The van der Waals surface area contributed by atoms with Crippen LogP contribution in [0.4, 0.5) is 0 Å². The molecule has 0 unspecified atom stereocenters. The highest BCUT2D eigenvalue weighted by Crippen LogP contribution is 2.31. The second kappa shape index (κ2) is 6.19. The van der Waals surface area contributed by atoms with E-state index in [2.05, 4.69) is 50.5 Å². The van der Waals surface area contributed by atoms with Gasteiger partial charge in [0.25, 0.3) is 0 Å². The maximum atomic E-state index is 4.34. The summed E-state index contributed by atoms with van der Waals surface area (Å²) in [4.78, 5) is 5.53. The summed E-state index contributed by atoms with van der Waals surface area (Å²) in [6, 6.07) is 12.4. The molecule has 1 aromatic carbocycles. The van der Waals surface area contributed by atoms with Crippen molar-refractivity contribution in [3.63, 3.8) is 0 Å². The van der Waals surface area contributed by atoms with Crippen molar-refractivity contribution in [2.45, 2.75) is 16.5 Å². The smallest absolute Gasteiger partial charge is 0.115 e.